The van der Waals surface area contributed by atoms with Gasteiger partial charge in [-0.3, -0.25) is 4.79 Å². The van der Waals surface area contributed by atoms with Crippen LogP contribution in [-0.2, 0) is 16.1 Å². The fourth-order valence-corrected chi connectivity index (χ4v) is 3.47. The summed E-state index contributed by atoms with van der Waals surface area (Å²) in [5, 5.41) is 15.3. The number of nitrogens with zero attached hydrogens (tertiary/aromatic N) is 1. The minimum Gasteiger partial charge on any atom is -0.490 e. The number of hydrogen-bond acceptors (Lipinski definition) is 5. The smallest absolute Gasteiger partial charge is 0.307 e. The van der Waals surface area contributed by atoms with Crippen LogP contribution < -0.4 is 4.74 Å². The molecular weight excluding hydrogens is 394 g/mol. The van der Waals surface area contributed by atoms with Crippen LogP contribution >= 0.6 is 0 Å². The fourth-order valence-electron chi connectivity index (χ4n) is 3.47. The lowest BCUT2D eigenvalue weighted by molar-refractivity contribution is -0.136. The third kappa shape index (κ3) is 4.86. The Kier molecular flexibility index (Phi) is 6.17. The van der Waals surface area contributed by atoms with E-state index < -0.39 is 5.97 Å². The maximum absolute atomic E-state index is 10.8. The number of carboxylic acid groups (broad SMARTS) is 1. The molecule has 4 rings (SSSR count). The standard InChI is InChI=1S/C25H23NO5/c1-2-22(18-10-11-24-21(16-18)20-8-3-4-9-23(20)31-24)26-30-13-12-29-19-7-5-6-17(14-19)15-25(27)28/h3-11,14,16H,2,12-13,15H2,1H3,(H,27,28)/b26-22+. The van der Waals surface area contributed by atoms with Crippen molar-refractivity contribution in [2.75, 3.05) is 13.2 Å². The van der Waals surface area contributed by atoms with Gasteiger partial charge in [0.1, 0.15) is 23.5 Å². The molecule has 31 heavy (non-hydrogen) atoms. The van der Waals surface area contributed by atoms with Gasteiger partial charge in [0, 0.05) is 16.3 Å². The van der Waals surface area contributed by atoms with E-state index in [-0.39, 0.29) is 13.0 Å². The summed E-state index contributed by atoms with van der Waals surface area (Å²) in [7, 11) is 0. The van der Waals surface area contributed by atoms with Gasteiger partial charge in [-0.15, -0.1) is 0 Å². The van der Waals surface area contributed by atoms with E-state index in [1.54, 1.807) is 24.3 Å². The Hall–Kier alpha value is -3.80. The van der Waals surface area contributed by atoms with Crippen molar-refractivity contribution in [2.45, 2.75) is 19.8 Å². The Labute approximate surface area is 179 Å². The number of aliphatic carboxylic acids is 1. The minimum absolute atomic E-state index is 0.0336. The van der Waals surface area contributed by atoms with Crippen molar-refractivity contribution in [3.05, 3.63) is 77.9 Å². The van der Waals surface area contributed by atoms with Gasteiger partial charge in [0.05, 0.1) is 12.1 Å². The summed E-state index contributed by atoms with van der Waals surface area (Å²) in [5.41, 5.74) is 4.24. The molecule has 1 aromatic heterocycles. The molecule has 0 bridgehead atoms. The molecule has 0 aliphatic heterocycles. The second-order valence-corrected chi connectivity index (χ2v) is 7.10. The number of ether oxygens (including phenoxy) is 1. The molecule has 0 saturated heterocycles. The van der Waals surface area contributed by atoms with Crippen LogP contribution in [0.4, 0.5) is 0 Å². The van der Waals surface area contributed by atoms with Crippen LogP contribution in [0.15, 0.2) is 76.3 Å². The molecule has 3 aromatic carbocycles. The lowest BCUT2D eigenvalue weighted by atomic mass is 10.0. The molecule has 0 amide bonds. The highest BCUT2D eigenvalue weighted by molar-refractivity contribution is 6.09. The number of oxime groups is 1. The first kappa shape index (κ1) is 20.5. The van der Waals surface area contributed by atoms with Crippen LogP contribution in [-0.4, -0.2) is 30.0 Å². The number of hydrogen-bond donors (Lipinski definition) is 1. The first-order valence-corrected chi connectivity index (χ1v) is 10.2. The van der Waals surface area contributed by atoms with Crippen molar-refractivity contribution >= 4 is 33.6 Å². The Morgan fingerprint density at radius 1 is 0.968 bits per heavy atom. The van der Waals surface area contributed by atoms with Gasteiger partial charge in [-0.25, -0.2) is 0 Å². The Morgan fingerprint density at radius 3 is 2.65 bits per heavy atom. The first-order valence-electron chi connectivity index (χ1n) is 10.2. The zero-order chi connectivity index (χ0) is 21.6. The van der Waals surface area contributed by atoms with E-state index >= 15 is 0 Å². The normalized spacial score (nSPS) is 11.7. The molecule has 6 heteroatoms. The largest absolute Gasteiger partial charge is 0.490 e. The number of carboxylic acids is 1. The third-order valence-corrected chi connectivity index (χ3v) is 4.92. The van der Waals surface area contributed by atoms with E-state index in [1.165, 1.54) is 0 Å². The van der Waals surface area contributed by atoms with Crippen LogP contribution in [0, 0.1) is 0 Å². The maximum atomic E-state index is 10.8. The topological polar surface area (TPSA) is 81.3 Å². The molecule has 1 heterocycles. The molecule has 4 aromatic rings. The average molecular weight is 417 g/mol. The van der Waals surface area contributed by atoms with Crippen molar-refractivity contribution in [2.24, 2.45) is 5.16 Å². The van der Waals surface area contributed by atoms with Gasteiger partial charge in [0.2, 0.25) is 0 Å². The molecule has 0 unspecified atom stereocenters. The van der Waals surface area contributed by atoms with Crippen molar-refractivity contribution in [1.29, 1.82) is 0 Å². The van der Waals surface area contributed by atoms with Crippen LogP contribution in [0.25, 0.3) is 21.9 Å². The molecular formula is C25H23NO5. The molecule has 0 atom stereocenters. The lowest BCUT2D eigenvalue weighted by Crippen LogP contribution is -2.07. The molecule has 1 N–H and O–H groups in total. The van der Waals surface area contributed by atoms with E-state index in [2.05, 4.69) is 11.2 Å². The number of furan rings is 1. The Bertz CT molecular complexity index is 1240. The van der Waals surface area contributed by atoms with Crippen molar-refractivity contribution in [3.8, 4) is 5.75 Å². The molecule has 0 fully saturated rings. The van der Waals surface area contributed by atoms with Crippen molar-refractivity contribution in [3.63, 3.8) is 0 Å². The highest BCUT2D eigenvalue weighted by Gasteiger charge is 2.10. The van der Waals surface area contributed by atoms with E-state index in [0.29, 0.717) is 17.9 Å². The zero-order valence-corrected chi connectivity index (χ0v) is 17.2. The Balaban J connectivity index is 1.39. The van der Waals surface area contributed by atoms with E-state index in [0.717, 1.165) is 39.6 Å². The van der Waals surface area contributed by atoms with Gasteiger partial charge in [0.25, 0.3) is 0 Å². The highest BCUT2D eigenvalue weighted by Crippen LogP contribution is 2.29. The predicted octanol–water partition coefficient (Wildman–Crippen LogP) is 5.42. The van der Waals surface area contributed by atoms with Gasteiger partial charge in [-0.05, 0) is 48.4 Å². The third-order valence-electron chi connectivity index (χ3n) is 4.92. The lowest BCUT2D eigenvalue weighted by Gasteiger charge is -2.08. The molecule has 158 valence electrons. The summed E-state index contributed by atoms with van der Waals surface area (Å²) in [6, 6.07) is 21.0. The van der Waals surface area contributed by atoms with Crippen LogP contribution in [0.2, 0.25) is 0 Å². The van der Waals surface area contributed by atoms with Crippen LogP contribution in [0.5, 0.6) is 5.75 Å². The number of carbonyl (C=O) groups is 1. The van der Waals surface area contributed by atoms with Gasteiger partial charge in [0.15, 0.2) is 6.61 Å². The maximum Gasteiger partial charge on any atom is 0.307 e. The van der Waals surface area contributed by atoms with Crippen molar-refractivity contribution < 1.29 is 23.9 Å². The predicted molar refractivity (Wildman–Crippen MR) is 120 cm³/mol. The van der Waals surface area contributed by atoms with Crippen LogP contribution in [0.3, 0.4) is 0 Å². The summed E-state index contributed by atoms with van der Waals surface area (Å²) in [6.45, 7) is 2.62. The number of rotatable bonds is 9. The van der Waals surface area contributed by atoms with E-state index in [9.17, 15) is 4.79 Å². The Morgan fingerprint density at radius 2 is 1.81 bits per heavy atom. The molecule has 0 radical (unpaired) electrons. The second kappa shape index (κ2) is 9.34. The number of para-hydroxylation sites is 1. The monoisotopic (exact) mass is 417 g/mol. The average Bonchev–Trinajstić information content (AvgIpc) is 3.14. The summed E-state index contributed by atoms with van der Waals surface area (Å²) >= 11 is 0. The van der Waals surface area contributed by atoms with Gasteiger partial charge >= 0.3 is 5.97 Å². The van der Waals surface area contributed by atoms with E-state index in [4.69, 9.17) is 19.1 Å². The SMILES string of the molecule is CC/C(=N\OCCOc1cccc(CC(=O)O)c1)c1ccc2oc3ccccc3c2c1. The zero-order valence-electron chi connectivity index (χ0n) is 17.2. The van der Waals surface area contributed by atoms with Crippen molar-refractivity contribution in [1.82, 2.24) is 0 Å². The first-order chi connectivity index (χ1) is 15.1. The summed E-state index contributed by atoms with van der Waals surface area (Å²) in [6.07, 6.45) is 0.688. The van der Waals surface area contributed by atoms with Gasteiger partial charge in [-0.2, -0.15) is 0 Å². The number of benzene rings is 3. The minimum atomic E-state index is -0.872. The molecule has 0 spiro atoms. The quantitative estimate of drug-likeness (QED) is 0.223. The highest BCUT2D eigenvalue weighted by atomic mass is 16.6. The fraction of sp³-hybridized carbons (Fsp3) is 0.200. The van der Waals surface area contributed by atoms with Gasteiger partial charge in [-0.1, -0.05) is 42.4 Å². The van der Waals surface area contributed by atoms with E-state index in [1.807, 2.05) is 43.3 Å². The van der Waals surface area contributed by atoms with Gasteiger partial charge < -0.3 is 19.1 Å². The summed E-state index contributed by atoms with van der Waals surface area (Å²) in [4.78, 5) is 16.3. The molecule has 0 aliphatic rings. The number of fused-ring (bicyclic) bond motifs is 3. The second-order valence-electron chi connectivity index (χ2n) is 7.10. The van der Waals surface area contributed by atoms with Crippen LogP contribution in [0.1, 0.15) is 24.5 Å². The molecule has 0 aliphatic carbocycles. The molecule has 0 saturated carbocycles. The molecule has 6 nitrogen and oxygen atoms in total. The summed E-state index contributed by atoms with van der Waals surface area (Å²) < 4.78 is 11.5. The summed E-state index contributed by atoms with van der Waals surface area (Å²) in [5.74, 6) is -0.261.